The van der Waals surface area contributed by atoms with Gasteiger partial charge in [-0.25, -0.2) is 4.68 Å². The third kappa shape index (κ3) is 3.48. The summed E-state index contributed by atoms with van der Waals surface area (Å²) in [6.07, 6.45) is 7.91. The largest absolute Gasteiger partial charge is 0.370 e. The van der Waals surface area contributed by atoms with E-state index in [1.807, 2.05) is 4.90 Å². The van der Waals surface area contributed by atoms with Gasteiger partial charge < -0.3 is 9.80 Å². The molecule has 120 valence electrons. The maximum atomic E-state index is 12.2. The van der Waals surface area contributed by atoms with Crippen molar-refractivity contribution in [3.63, 3.8) is 0 Å². The number of nitrogens with zero attached hydrogens (tertiary/aromatic N) is 4. The Labute approximate surface area is 130 Å². The van der Waals surface area contributed by atoms with Crippen LogP contribution in [0, 0.1) is 0 Å². The van der Waals surface area contributed by atoms with E-state index in [4.69, 9.17) is 0 Å². The number of hydrogen-bond acceptors (Lipinski definition) is 4. The van der Waals surface area contributed by atoms with E-state index in [1.165, 1.54) is 23.9 Å². The second-order valence-corrected chi connectivity index (χ2v) is 6.16. The Morgan fingerprint density at radius 1 is 1.05 bits per heavy atom. The number of likely N-dealkylation sites (tertiary alicyclic amines) is 1. The summed E-state index contributed by atoms with van der Waals surface area (Å²) in [5.74, 6) is 0.131. The molecule has 6 nitrogen and oxygen atoms in total. The molecular weight excluding hydrogens is 280 g/mol. The van der Waals surface area contributed by atoms with Crippen molar-refractivity contribution in [3.05, 3.63) is 22.6 Å². The van der Waals surface area contributed by atoms with Crippen molar-refractivity contribution >= 4 is 11.6 Å². The molecule has 0 atom stereocenters. The summed E-state index contributed by atoms with van der Waals surface area (Å²) in [5.41, 5.74) is 0.795. The Bertz CT molecular complexity index is 572. The van der Waals surface area contributed by atoms with Gasteiger partial charge in [-0.1, -0.05) is 0 Å². The Morgan fingerprint density at radius 3 is 2.41 bits per heavy atom. The van der Waals surface area contributed by atoms with Gasteiger partial charge in [-0.3, -0.25) is 9.59 Å². The summed E-state index contributed by atoms with van der Waals surface area (Å²) in [5, 5.41) is 4.24. The number of carbonyl (C=O) groups is 1. The van der Waals surface area contributed by atoms with Gasteiger partial charge in [-0.05, 0) is 32.1 Å². The highest BCUT2D eigenvalue weighted by molar-refractivity contribution is 5.76. The highest BCUT2D eigenvalue weighted by Gasteiger charge is 2.18. The third-order valence-corrected chi connectivity index (χ3v) is 4.57. The van der Waals surface area contributed by atoms with Crippen molar-refractivity contribution in [3.8, 4) is 0 Å². The number of rotatable bonds is 4. The van der Waals surface area contributed by atoms with E-state index in [9.17, 15) is 9.59 Å². The standard InChI is InChI=1S/C16H24N4O2/c21-15(19-9-4-5-10-19)6-11-20-16(22)12-14(13-17-20)18-7-2-1-3-8-18/h12-13H,1-11H2. The SMILES string of the molecule is O=C(CCn1ncc(N2CCCCC2)cc1=O)N1CCCC1. The summed E-state index contributed by atoms with van der Waals surface area (Å²) < 4.78 is 1.40. The summed E-state index contributed by atoms with van der Waals surface area (Å²) in [7, 11) is 0. The minimum absolute atomic E-state index is 0.114. The molecule has 22 heavy (non-hydrogen) atoms. The molecular formula is C16H24N4O2. The van der Waals surface area contributed by atoms with Gasteiger partial charge in [0.05, 0.1) is 18.4 Å². The monoisotopic (exact) mass is 304 g/mol. The lowest BCUT2D eigenvalue weighted by molar-refractivity contribution is -0.130. The summed E-state index contributed by atoms with van der Waals surface area (Å²) >= 11 is 0. The fourth-order valence-corrected chi connectivity index (χ4v) is 3.24. The predicted molar refractivity (Wildman–Crippen MR) is 85.0 cm³/mol. The minimum atomic E-state index is -0.114. The van der Waals surface area contributed by atoms with Crippen LogP contribution in [0.5, 0.6) is 0 Å². The second-order valence-electron chi connectivity index (χ2n) is 6.16. The quantitative estimate of drug-likeness (QED) is 0.840. The molecule has 3 rings (SSSR count). The number of aryl methyl sites for hydroxylation is 1. The molecule has 0 N–H and O–H groups in total. The summed E-state index contributed by atoms with van der Waals surface area (Å²) in [4.78, 5) is 28.3. The average Bonchev–Trinajstić information content (AvgIpc) is 3.09. The first-order chi connectivity index (χ1) is 10.7. The van der Waals surface area contributed by atoms with E-state index in [0.29, 0.717) is 13.0 Å². The lowest BCUT2D eigenvalue weighted by atomic mass is 10.1. The number of piperidine rings is 1. The predicted octanol–water partition coefficient (Wildman–Crippen LogP) is 1.25. The fourth-order valence-electron chi connectivity index (χ4n) is 3.24. The van der Waals surface area contributed by atoms with E-state index in [-0.39, 0.29) is 11.5 Å². The molecule has 6 heteroatoms. The van der Waals surface area contributed by atoms with Crippen LogP contribution >= 0.6 is 0 Å². The van der Waals surface area contributed by atoms with Crippen molar-refractivity contribution in [1.82, 2.24) is 14.7 Å². The molecule has 1 amide bonds. The van der Waals surface area contributed by atoms with Gasteiger partial charge in [0.15, 0.2) is 0 Å². The second kappa shape index (κ2) is 6.94. The maximum Gasteiger partial charge on any atom is 0.268 e. The van der Waals surface area contributed by atoms with E-state index >= 15 is 0 Å². The Morgan fingerprint density at radius 2 is 1.73 bits per heavy atom. The smallest absolute Gasteiger partial charge is 0.268 e. The average molecular weight is 304 g/mol. The van der Waals surface area contributed by atoms with Crippen LogP contribution in [0.4, 0.5) is 5.69 Å². The molecule has 0 bridgehead atoms. The minimum Gasteiger partial charge on any atom is -0.370 e. The van der Waals surface area contributed by atoms with Crippen LogP contribution in [-0.4, -0.2) is 46.8 Å². The Kier molecular flexibility index (Phi) is 4.75. The van der Waals surface area contributed by atoms with Crippen LogP contribution in [0.1, 0.15) is 38.5 Å². The number of anilines is 1. The molecule has 2 fully saturated rings. The van der Waals surface area contributed by atoms with Crippen LogP contribution < -0.4 is 10.5 Å². The molecule has 2 aliphatic rings. The molecule has 2 saturated heterocycles. The highest BCUT2D eigenvalue weighted by atomic mass is 16.2. The Hall–Kier alpha value is -1.85. The molecule has 3 heterocycles. The fraction of sp³-hybridized carbons (Fsp3) is 0.688. The van der Waals surface area contributed by atoms with Crippen molar-refractivity contribution in [2.24, 2.45) is 0 Å². The summed E-state index contributed by atoms with van der Waals surface area (Å²) in [6, 6.07) is 1.65. The van der Waals surface area contributed by atoms with Crippen molar-refractivity contribution in [2.75, 3.05) is 31.1 Å². The van der Waals surface area contributed by atoms with Gasteiger partial charge in [-0.2, -0.15) is 5.10 Å². The number of amides is 1. The molecule has 0 spiro atoms. The highest BCUT2D eigenvalue weighted by Crippen LogP contribution is 2.16. The number of carbonyl (C=O) groups excluding carboxylic acids is 1. The van der Waals surface area contributed by atoms with Crippen LogP contribution in [0.15, 0.2) is 17.1 Å². The van der Waals surface area contributed by atoms with E-state index < -0.39 is 0 Å². The first-order valence-corrected chi connectivity index (χ1v) is 8.34. The van der Waals surface area contributed by atoms with Crippen LogP contribution in [0.25, 0.3) is 0 Å². The summed E-state index contributed by atoms with van der Waals surface area (Å²) in [6.45, 7) is 4.08. The topological polar surface area (TPSA) is 58.4 Å². The van der Waals surface area contributed by atoms with Gasteiger partial charge >= 0.3 is 0 Å². The van der Waals surface area contributed by atoms with Gasteiger partial charge in [0, 0.05) is 38.7 Å². The zero-order valence-electron chi connectivity index (χ0n) is 13.0. The molecule has 1 aromatic heterocycles. The first kappa shape index (κ1) is 15.1. The lowest BCUT2D eigenvalue weighted by Gasteiger charge is -2.28. The van der Waals surface area contributed by atoms with Gasteiger partial charge in [0.25, 0.3) is 5.56 Å². The third-order valence-electron chi connectivity index (χ3n) is 4.57. The molecule has 0 radical (unpaired) electrons. The van der Waals surface area contributed by atoms with Crippen LogP contribution in [-0.2, 0) is 11.3 Å². The van der Waals surface area contributed by atoms with Gasteiger partial charge in [-0.15, -0.1) is 0 Å². The first-order valence-electron chi connectivity index (χ1n) is 8.34. The normalized spacial score (nSPS) is 18.7. The van der Waals surface area contributed by atoms with Crippen molar-refractivity contribution < 1.29 is 4.79 Å². The zero-order valence-corrected chi connectivity index (χ0v) is 13.0. The van der Waals surface area contributed by atoms with Gasteiger partial charge in [0.2, 0.25) is 5.91 Å². The zero-order chi connectivity index (χ0) is 15.4. The van der Waals surface area contributed by atoms with Crippen molar-refractivity contribution in [2.45, 2.75) is 45.1 Å². The number of aromatic nitrogens is 2. The Balaban J connectivity index is 1.59. The molecule has 0 unspecified atom stereocenters. The molecule has 0 aliphatic carbocycles. The molecule has 2 aliphatic heterocycles. The van der Waals surface area contributed by atoms with E-state index in [2.05, 4.69) is 10.00 Å². The molecule has 0 saturated carbocycles. The maximum absolute atomic E-state index is 12.2. The van der Waals surface area contributed by atoms with E-state index in [0.717, 1.165) is 44.7 Å². The molecule has 1 aromatic rings. The van der Waals surface area contributed by atoms with Gasteiger partial charge in [0.1, 0.15) is 0 Å². The van der Waals surface area contributed by atoms with Crippen molar-refractivity contribution in [1.29, 1.82) is 0 Å². The number of hydrogen-bond donors (Lipinski definition) is 0. The van der Waals surface area contributed by atoms with E-state index in [1.54, 1.807) is 12.3 Å². The van der Waals surface area contributed by atoms with Crippen LogP contribution in [0.2, 0.25) is 0 Å². The lowest BCUT2D eigenvalue weighted by Crippen LogP contribution is -2.33. The molecule has 0 aromatic carbocycles. The van der Waals surface area contributed by atoms with Crippen LogP contribution in [0.3, 0.4) is 0 Å².